The van der Waals surface area contributed by atoms with Crippen LogP contribution in [0.2, 0.25) is 0 Å². The molecule has 2 rings (SSSR count). The second-order valence-electron chi connectivity index (χ2n) is 4.98. The van der Waals surface area contributed by atoms with Gasteiger partial charge in [-0.1, -0.05) is 28.8 Å². The van der Waals surface area contributed by atoms with Crippen molar-refractivity contribution in [1.82, 2.24) is 5.32 Å². The SMILES string of the molecule is Cc1cc(Br)cc(N)c1OCC(=O)NC1CCCC1. The van der Waals surface area contributed by atoms with Gasteiger partial charge in [-0.2, -0.15) is 0 Å². The van der Waals surface area contributed by atoms with E-state index in [1.54, 1.807) is 6.07 Å². The summed E-state index contributed by atoms with van der Waals surface area (Å²) in [6.07, 6.45) is 4.55. The molecule has 0 saturated heterocycles. The molecule has 0 bridgehead atoms. The lowest BCUT2D eigenvalue weighted by atomic mass is 10.2. The standard InChI is InChI=1S/C14H19BrN2O2/c1-9-6-10(15)7-12(16)14(9)19-8-13(18)17-11-4-2-3-5-11/h6-7,11H,2-5,8,16H2,1H3,(H,17,18). The quantitative estimate of drug-likeness (QED) is 0.836. The fraction of sp³-hybridized carbons (Fsp3) is 0.500. The van der Waals surface area contributed by atoms with Crippen molar-refractivity contribution in [2.45, 2.75) is 38.6 Å². The Balaban J connectivity index is 1.89. The van der Waals surface area contributed by atoms with Crippen LogP contribution in [0.5, 0.6) is 5.75 Å². The van der Waals surface area contributed by atoms with Gasteiger partial charge in [0.2, 0.25) is 0 Å². The second-order valence-corrected chi connectivity index (χ2v) is 5.89. The number of ether oxygens (including phenoxy) is 1. The molecule has 0 aliphatic heterocycles. The molecular weight excluding hydrogens is 308 g/mol. The molecule has 104 valence electrons. The number of benzene rings is 1. The number of nitrogens with two attached hydrogens (primary N) is 1. The van der Waals surface area contributed by atoms with E-state index in [0.717, 1.165) is 22.9 Å². The van der Waals surface area contributed by atoms with E-state index < -0.39 is 0 Å². The molecule has 1 saturated carbocycles. The van der Waals surface area contributed by atoms with Gasteiger partial charge in [-0.15, -0.1) is 0 Å². The maximum Gasteiger partial charge on any atom is 0.258 e. The van der Waals surface area contributed by atoms with Crippen LogP contribution >= 0.6 is 15.9 Å². The van der Waals surface area contributed by atoms with E-state index >= 15 is 0 Å². The fourth-order valence-corrected chi connectivity index (χ4v) is 3.02. The van der Waals surface area contributed by atoms with Crippen molar-refractivity contribution in [3.05, 3.63) is 22.2 Å². The highest BCUT2D eigenvalue weighted by Gasteiger charge is 2.17. The zero-order valence-corrected chi connectivity index (χ0v) is 12.6. The van der Waals surface area contributed by atoms with Gasteiger partial charge < -0.3 is 15.8 Å². The lowest BCUT2D eigenvalue weighted by Gasteiger charge is -2.14. The van der Waals surface area contributed by atoms with E-state index in [4.69, 9.17) is 10.5 Å². The normalized spacial score (nSPS) is 15.5. The van der Waals surface area contributed by atoms with Gasteiger partial charge >= 0.3 is 0 Å². The summed E-state index contributed by atoms with van der Waals surface area (Å²) < 4.78 is 6.44. The summed E-state index contributed by atoms with van der Waals surface area (Å²) in [5.41, 5.74) is 7.34. The molecule has 1 aromatic carbocycles. The molecule has 19 heavy (non-hydrogen) atoms. The molecule has 1 aromatic rings. The maximum absolute atomic E-state index is 11.8. The number of carbonyl (C=O) groups excluding carboxylic acids is 1. The largest absolute Gasteiger partial charge is 0.481 e. The molecule has 1 aliphatic carbocycles. The first-order valence-corrected chi connectivity index (χ1v) is 7.33. The van der Waals surface area contributed by atoms with E-state index in [1.807, 2.05) is 13.0 Å². The third-order valence-corrected chi connectivity index (χ3v) is 3.79. The van der Waals surface area contributed by atoms with Gasteiger partial charge in [0, 0.05) is 10.5 Å². The predicted molar refractivity (Wildman–Crippen MR) is 79.2 cm³/mol. The van der Waals surface area contributed by atoms with Gasteiger partial charge in [-0.3, -0.25) is 4.79 Å². The van der Waals surface area contributed by atoms with Crippen LogP contribution in [0.25, 0.3) is 0 Å². The Morgan fingerprint density at radius 3 is 2.79 bits per heavy atom. The number of carbonyl (C=O) groups is 1. The van der Waals surface area contributed by atoms with E-state index in [1.165, 1.54) is 12.8 Å². The third-order valence-electron chi connectivity index (χ3n) is 3.34. The molecule has 1 aliphatic rings. The predicted octanol–water partition coefficient (Wildman–Crippen LogP) is 2.78. The summed E-state index contributed by atoms with van der Waals surface area (Å²) in [5, 5.41) is 2.99. The van der Waals surface area contributed by atoms with Gasteiger partial charge in [0.1, 0.15) is 5.75 Å². The molecule has 1 amide bonds. The Bertz CT molecular complexity index is 448. The summed E-state index contributed by atoms with van der Waals surface area (Å²) in [6.45, 7) is 1.93. The first-order chi connectivity index (χ1) is 9.06. The highest BCUT2D eigenvalue weighted by atomic mass is 79.9. The number of aryl methyl sites for hydroxylation is 1. The lowest BCUT2D eigenvalue weighted by Crippen LogP contribution is -2.36. The molecule has 0 unspecified atom stereocenters. The van der Waals surface area contributed by atoms with Gasteiger partial charge in [-0.05, 0) is 37.5 Å². The van der Waals surface area contributed by atoms with Crippen LogP contribution in [0.4, 0.5) is 5.69 Å². The molecule has 5 heteroatoms. The maximum atomic E-state index is 11.8. The number of hydrogen-bond donors (Lipinski definition) is 2. The van der Waals surface area contributed by atoms with Gasteiger partial charge in [0.05, 0.1) is 5.69 Å². The third kappa shape index (κ3) is 3.86. The van der Waals surface area contributed by atoms with Crippen molar-refractivity contribution in [1.29, 1.82) is 0 Å². The minimum Gasteiger partial charge on any atom is -0.481 e. The van der Waals surface area contributed by atoms with Crippen molar-refractivity contribution in [3.63, 3.8) is 0 Å². The highest BCUT2D eigenvalue weighted by Crippen LogP contribution is 2.30. The van der Waals surface area contributed by atoms with Crippen LogP contribution in [0.3, 0.4) is 0 Å². The van der Waals surface area contributed by atoms with Crippen molar-refractivity contribution in [3.8, 4) is 5.75 Å². The second kappa shape index (κ2) is 6.28. The van der Waals surface area contributed by atoms with Gasteiger partial charge in [-0.25, -0.2) is 0 Å². The number of halogens is 1. The van der Waals surface area contributed by atoms with Gasteiger partial charge in [0.15, 0.2) is 6.61 Å². The van der Waals surface area contributed by atoms with E-state index in [-0.39, 0.29) is 12.5 Å². The van der Waals surface area contributed by atoms with Crippen molar-refractivity contribution < 1.29 is 9.53 Å². The molecule has 0 heterocycles. The minimum atomic E-state index is -0.0754. The van der Waals surface area contributed by atoms with E-state index in [0.29, 0.717) is 17.5 Å². The summed E-state index contributed by atoms with van der Waals surface area (Å²) in [6, 6.07) is 4.01. The van der Waals surface area contributed by atoms with Gasteiger partial charge in [0.25, 0.3) is 5.91 Å². The average molecular weight is 327 g/mol. The summed E-state index contributed by atoms with van der Waals surface area (Å²) >= 11 is 3.37. The number of rotatable bonds is 4. The first kappa shape index (κ1) is 14.2. The number of anilines is 1. The van der Waals surface area contributed by atoms with Crippen LogP contribution in [0.1, 0.15) is 31.2 Å². The Morgan fingerprint density at radius 1 is 1.47 bits per heavy atom. The van der Waals surface area contributed by atoms with Crippen LogP contribution in [0.15, 0.2) is 16.6 Å². The Kier molecular flexibility index (Phi) is 4.69. The number of amides is 1. The summed E-state index contributed by atoms with van der Waals surface area (Å²) in [7, 11) is 0. The molecular formula is C14H19BrN2O2. The topological polar surface area (TPSA) is 64.3 Å². The monoisotopic (exact) mass is 326 g/mol. The van der Waals surface area contributed by atoms with Crippen LogP contribution in [-0.2, 0) is 4.79 Å². The summed E-state index contributed by atoms with van der Waals surface area (Å²) in [4.78, 5) is 11.8. The molecule has 0 atom stereocenters. The Morgan fingerprint density at radius 2 is 2.16 bits per heavy atom. The van der Waals surface area contributed by atoms with Crippen LogP contribution < -0.4 is 15.8 Å². The van der Waals surface area contributed by atoms with E-state index in [2.05, 4.69) is 21.2 Å². The number of hydrogen-bond acceptors (Lipinski definition) is 3. The zero-order chi connectivity index (χ0) is 13.8. The molecule has 4 nitrogen and oxygen atoms in total. The number of nitrogens with one attached hydrogen (secondary N) is 1. The Labute approximate surface area is 121 Å². The van der Waals surface area contributed by atoms with Crippen LogP contribution in [0, 0.1) is 6.92 Å². The molecule has 3 N–H and O–H groups in total. The lowest BCUT2D eigenvalue weighted by molar-refractivity contribution is -0.123. The van der Waals surface area contributed by atoms with Crippen molar-refractivity contribution in [2.75, 3.05) is 12.3 Å². The average Bonchev–Trinajstić information content (AvgIpc) is 2.80. The van der Waals surface area contributed by atoms with E-state index in [9.17, 15) is 4.79 Å². The molecule has 0 spiro atoms. The number of nitrogen functional groups attached to an aromatic ring is 1. The Hall–Kier alpha value is -1.23. The molecule has 0 radical (unpaired) electrons. The van der Waals surface area contributed by atoms with Crippen LogP contribution in [-0.4, -0.2) is 18.6 Å². The smallest absolute Gasteiger partial charge is 0.258 e. The minimum absolute atomic E-state index is 0.0170. The fourth-order valence-electron chi connectivity index (χ4n) is 2.43. The zero-order valence-electron chi connectivity index (χ0n) is 11.0. The molecule has 1 fully saturated rings. The highest BCUT2D eigenvalue weighted by molar-refractivity contribution is 9.10. The van der Waals surface area contributed by atoms with Crippen molar-refractivity contribution >= 4 is 27.5 Å². The molecule has 0 aromatic heterocycles. The van der Waals surface area contributed by atoms with Crippen molar-refractivity contribution in [2.24, 2.45) is 0 Å². The first-order valence-electron chi connectivity index (χ1n) is 6.54. The summed E-state index contributed by atoms with van der Waals surface area (Å²) in [5.74, 6) is 0.512.